The topological polar surface area (TPSA) is 110 Å². The number of nitrogens with one attached hydrogen (secondary N) is 1. The number of carbonyl (C=O) groups is 1. The Labute approximate surface area is 263 Å². The predicted molar refractivity (Wildman–Crippen MR) is 157 cm³/mol. The normalized spacial score (nSPS) is 15.1. The SMILES string of the molecule is C#C.CC(=O)N[C@H](CO)[C@H](O)c1ccccc1.O=S(c1ccc(F)cc1)N1CCCc2cc(C(O)(C(F)(F)F)C(F)(F)F)ccc21. The van der Waals surface area contributed by atoms with Crippen LogP contribution in [0.1, 0.15) is 36.1 Å². The number of carbonyl (C=O) groups excluding carboxylic acids is 1. The van der Waals surface area contributed by atoms with Gasteiger partial charge < -0.3 is 20.6 Å². The lowest BCUT2D eigenvalue weighted by Crippen LogP contribution is -2.54. The lowest BCUT2D eigenvalue weighted by Gasteiger charge is -2.35. The van der Waals surface area contributed by atoms with Gasteiger partial charge in [0, 0.05) is 19.0 Å². The number of hydrogen-bond acceptors (Lipinski definition) is 5. The van der Waals surface area contributed by atoms with Crippen molar-refractivity contribution in [1.29, 1.82) is 0 Å². The van der Waals surface area contributed by atoms with Crippen LogP contribution in [0, 0.1) is 18.7 Å². The van der Waals surface area contributed by atoms with Crippen molar-refractivity contribution in [2.24, 2.45) is 0 Å². The van der Waals surface area contributed by atoms with E-state index in [0.29, 0.717) is 24.1 Å². The third kappa shape index (κ3) is 8.85. The molecule has 0 fully saturated rings. The molecule has 3 aromatic carbocycles. The van der Waals surface area contributed by atoms with Gasteiger partial charge in [0.05, 0.1) is 23.2 Å². The van der Waals surface area contributed by atoms with Crippen LogP contribution in [0.4, 0.5) is 36.4 Å². The van der Waals surface area contributed by atoms with E-state index in [4.69, 9.17) is 5.11 Å². The summed E-state index contributed by atoms with van der Waals surface area (Å²) < 4.78 is 106. The molecule has 15 heteroatoms. The minimum absolute atomic E-state index is 0.0936. The molecule has 1 aliphatic rings. The summed E-state index contributed by atoms with van der Waals surface area (Å²) in [5.74, 6) is -0.822. The number of fused-ring (bicyclic) bond motifs is 1. The van der Waals surface area contributed by atoms with Gasteiger partial charge >= 0.3 is 12.4 Å². The summed E-state index contributed by atoms with van der Waals surface area (Å²) in [5, 5.41) is 31.0. The summed E-state index contributed by atoms with van der Waals surface area (Å²) in [6.07, 6.45) is -4.39. The molecule has 0 aliphatic carbocycles. The van der Waals surface area contributed by atoms with E-state index in [1.54, 1.807) is 24.3 Å². The highest BCUT2D eigenvalue weighted by molar-refractivity contribution is 7.86. The Morgan fingerprint density at radius 1 is 0.978 bits per heavy atom. The maximum atomic E-state index is 13.1. The van der Waals surface area contributed by atoms with E-state index in [1.807, 2.05) is 6.07 Å². The number of aliphatic hydroxyl groups is 3. The number of rotatable bonds is 7. The zero-order chi connectivity index (χ0) is 34.9. The minimum atomic E-state index is -5.98. The van der Waals surface area contributed by atoms with E-state index < -0.39 is 52.5 Å². The van der Waals surface area contributed by atoms with Crippen molar-refractivity contribution >= 4 is 22.6 Å². The van der Waals surface area contributed by atoms with Crippen molar-refractivity contribution in [1.82, 2.24) is 5.32 Å². The highest BCUT2D eigenvalue weighted by atomic mass is 32.2. The van der Waals surface area contributed by atoms with Crippen LogP contribution in [0.25, 0.3) is 0 Å². The third-order valence-electron chi connectivity index (χ3n) is 6.72. The molecule has 0 bridgehead atoms. The average molecular weight is 677 g/mol. The van der Waals surface area contributed by atoms with Gasteiger partial charge in [0.1, 0.15) is 11.9 Å². The molecule has 3 aromatic rings. The number of alkyl halides is 6. The molecule has 1 heterocycles. The number of halogens is 7. The maximum absolute atomic E-state index is 13.1. The van der Waals surface area contributed by atoms with Gasteiger partial charge in [-0.1, -0.05) is 42.5 Å². The van der Waals surface area contributed by atoms with Gasteiger partial charge in [-0.15, -0.1) is 12.8 Å². The molecule has 250 valence electrons. The number of benzene rings is 3. The van der Waals surface area contributed by atoms with Crippen LogP contribution < -0.4 is 9.62 Å². The van der Waals surface area contributed by atoms with Gasteiger partial charge in [0.2, 0.25) is 5.91 Å². The highest BCUT2D eigenvalue weighted by Crippen LogP contribution is 2.51. The molecule has 0 radical (unpaired) electrons. The van der Waals surface area contributed by atoms with Crippen molar-refractivity contribution in [3.05, 3.63) is 95.3 Å². The number of anilines is 1. The average Bonchev–Trinajstić information content (AvgIpc) is 3.03. The Bertz CT molecular complexity index is 1470. The molecule has 1 aliphatic heterocycles. The zero-order valence-electron chi connectivity index (χ0n) is 24.2. The van der Waals surface area contributed by atoms with Crippen LogP contribution in [0.2, 0.25) is 0 Å². The lowest BCUT2D eigenvalue weighted by molar-refractivity contribution is -0.376. The molecule has 0 spiro atoms. The second kappa shape index (κ2) is 16.0. The molecule has 4 N–H and O–H groups in total. The maximum Gasteiger partial charge on any atom is 0.430 e. The number of hydrogen-bond donors (Lipinski definition) is 4. The molecule has 1 amide bonds. The zero-order valence-corrected chi connectivity index (χ0v) is 25.0. The standard InChI is InChI=1S/C18H14F7NO2S.C11H15NO3.C2H2/c19-13-4-6-14(7-5-13)29(28)26-9-1-2-11-10-12(3-8-15(11)26)16(27,17(20,21)22)18(23,24)25;1-8(14)12-10(7-13)11(15)9-5-3-2-4-6-9;1-2/h3-8,10,27H,1-2,9H2;2-6,10-11,13,15H,7H2,1H3,(H,12,14);1-2H/t;10-,11-;/m.1./s1. The van der Waals surface area contributed by atoms with Crippen molar-refractivity contribution in [3.63, 3.8) is 0 Å². The fourth-order valence-electron chi connectivity index (χ4n) is 4.49. The van der Waals surface area contributed by atoms with Gasteiger partial charge in [0.15, 0.2) is 11.0 Å². The number of nitrogens with zero attached hydrogens (tertiary/aromatic N) is 1. The summed E-state index contributed by atoms with van der Waals surface area (Å²) in [7, 11) is -1.84. The van der Waals surface area contributed by atoms with Gasteiger partial charge in [-0.3, -0.25) is 9.10 Å². The molecule has 1 unspecified atom stereocenters. The Morgan fingerprint density at radius 2 is 1.54 bits per heavy atom. The van der Waals surface area contributed by atoms with E-state index in [2.05, 4.69) is 18.2 Å². The molecule has 0 aromatic heterocycles. The Balaban J connectivity index is 0.000000365. The Kier molecular flexibility index (Phi) is 13.3. The third-order valence-corrected chi connectivity index (χ3v) is 8.17. The fraction of sp³-hybridized carbons (Fsp3) is 0.323. The number of aliphatic hydroxyl groups excluding tert-OH is 2. The summed E-state index contributed by atoms with van der Waals surface area (Å²) in [4.78, 5) is 11.0. The first-order valence-corrected chi connectivity index (χ1v) is 14.5. The van der Waals surface area contributed by atoms with Crippen LogP contribution >= 0.6 is 0 Å². The van der Waals surface area contributed by atoms with Crippen molar-refractivity contribution in [3.8, 4) is 12.8 Å². The van der Waals surface area contributed by atoms with Gasteiger partial charge in [-0.25, -0.2) is 8.60 Å². The molecule has 4 rings (SSSR count). The van der Waals surface area contributed by atoms with Gasteiger partial charge in [-0.05, 0) is 54.3 Å². The summed E-state index contributed by atoms with van der Waals surface area (Å²) in [6, 6.07) is 15.1. The minimum Gasteiger partial charge on any atom is -0.394 e. The van der Waals surface area contributed by atoms with E-state index in [9.17, 15) is 49.9 Å². The number of terminal acetylenes is 1. The van der Waals surface area contributed by atoms with Crippen LogP contribution in [0.5, 0.6) is 0 Å². The van der Waals surface area contributed by atoms with Crippen LogP contribution in [0.3, 0.4) is 0 Å². The molecule has 0 saturated heterocycles. The van der Waals surface area contributed by atoms with E-state index in [1.165, 1.54) is 23.4 Å². The second-order valence-electron chi connectivity index (χ2n) is 9.80. The first kappa shape index (κ1) is 38.2. The second-order valence-corrected chi connectivity index (χ2v) is 11.2. The molecule has 3 atom stereocenters. The van der Waals surface area contributed by atoms with E-state index in [-0.39, 0.29) is 41.6 Å². The molecular formula is C31H31F7N2O5S. The molecular weight excluding hydrogens is 645 g/mol. The largest absolute Gasteiger partial charge is 0.430 e. The van der Waals surface area contributed by atoms with E-state index in [0.717, 1.165) is 18.2 Å². The lowest BCUT2D eigenvalue weighted by atomic mass is 9.89. The predicted octanol–water partition coefficient (Wildman–Crippen LogP) is 5.08. The smallest absolute Gasteiger partial charge is 0.394 e. The highest BCUT2D eigenvalue weighted by Gasteiger charge is 2.71. The fourth-order valence-corrected chi connectivity index (χ4v) is 5.77. The van der Waals surface area contributed by atoms with E-state index >= 15 is 0 Å². The van der Waals surface area contributed by atoms with Crippen LogP contribution in [-0.4, -0.2) is 57.0 Å². The number of amides is 1. The van der Waals surface area contributed by atoms with Crippen molar-refractivity contribution in [2.75, 3.05) is 17.5 Å². The Morgan fingerprint density at radius 3 is 2.04 bits per heavy atom. The quantitative estimate of drug-likeness (QED) is 0.206. The van der Waals surface area contributed by atoms with Crippen LogP contribution in [-0.2, 0) is 27.8 Å². The summed E-state index contributed by atoms with van der Waals surface area (Å²) in [6.45, 7) is 1.29. The first-order valence-electron chi connectivity index (χ1n) is 13.4. The Hall–Kier alpha value is -3.97. The molecule has 46 heavy (non-hydrogen) atoms. The van der Waals surface area contributed by atoms with Crippen molar-refractivity contribution < 1.29 is 55.1 Å². The summed E-state index contributed by atoms with van der Waals surface area (Å²) >= 11 is 0. The number of aryl methyl sites for hydroxylation is 1. The monoisotopic (exact) mass is 676 g/mol. The molecule has 0 saturated carbocycles. The molecule has 7 nitrogen and oxygen atoms in total. The summed E-state index contributed by atoms with van der Waals surface area (Å²) in [5.41, 5.74) is -5.42. The van der Waals surface area contributed by atoms with Gasteiger partial charge in [-0.2, -0.15) is 26.3 Å². The van der Waals surface area contributed by atoms with Crippen molar-refractivity contribution in [2.45, 2.75) is 54.8 Å². The van der Waals surface area contributed by atoms with Crippen LogP contribution in [0.15, 0.2) is 77.7 Å². The van der Waals surface area contributed by atoms with Gasteiger partial charge in [0.25, 0.3) is 5.60 Å². The first-order chi connectivity index (χ1) is 21.5.